The predicted octanol–water partition coefficient (Wildman–Crippen LogP) is 2.35. The van der Waals surface area contributed by atoms with E-state index in [0.29, 0.717) is 0 Å². The second kappa shape index (κ2) is 15.3. The van der Waals surface area contributed by atoms with Crippen LogP contribution in [0.1, 0.15) is 73.1 Å². The van der Waals surface area contributed by atoms with E-state index in [2.05, 4.69) is 29.5 Å². The van der Waals surface area contributed by atoms with E-state index in [1.54, 1.807) is 13.8 Å². The average Bonchev–Trinajstić information content (AvgIpc) is 2.79. The number of cyclic esters (lactones) is 1. The van der Waals surface area contributed by atoms with E-state index in [1.807, 2.05) is 6.92 Å². The molecule has 0 radical (unpaired) electrons. The first-order valence-corrected chi connectivity index (χ1v) is 12.6. The highest BCUT2D eigenvalue weighted by Gasteiger charge is 2.38. The van der Waals surface area contributed by atoms with E-state index < -0.39 is 47.8 Å². The largest absolute Gasteiger partial charge is 0.450 e. The van der Waals surface area contributed by atoms with E-state index in [4.69, 9.17) is 4.74 Å². The third-order valence-electron chi connectivity index (χ3n) is 6.29. The Labute approximate surface area is 209 Å². The molecule has 0 saturated carbocycles. The fourth-order valence-corrected chi connectivity index (χ4v) is 4.07. The molecule has 1 aliphatic rings. The third-order valence-corrected chi connectivity index (χ3v) is 6.29. The number of rotatable bonds is 10. The van der Waals surface area contributed by atoms with Crippen molar-refractivity contribution in [2.24, 2.45) is 17.8 Å². The highest BCUT2D eigenvalue weighted by atomic mass is 16.6. The summed E-state index contributed by atoms with van der Waals surface area (Å²) in [6.07, 6.45) is 6.60. The van der Waals surface area contributed by atoms with Crippen molar-refractivity contribution in [2.75, 3.05) is 6.61 Å². The number of amides is 3. The Hall–Kier alpha value is -2.68. The molecular formula is C26H43N3O6. The first kappa shape index (κ1) is 30.4. The second-order valence-electron chi connectivity index (χ2n) is 9.67. The summed E-state index contributed by atoms with van der Waals surface area (Å²) in [7, 11) is 0. The molecule has 0 bridgehead atoms. The molecule has 0 fully saturated rings. The fourth-order valence-electron chi connectivity index (χ4n) is 4.07. The van der Waals surface area contributed by atoms with Crippen LogP contribution in [0.5, 0.6) is 0 Å². The molecule has 5 atom stereocenters. The number of ether oxygens (including phenoxy) is 1. The van der Waals surface area contributed by atoms with Gasteiger partial charge in [-0.1, -0.05) is 66.4 Å². The van der Waals surface area contributed by atoms with E-state index in [0.717, 1.165) is 32.1 Å². The van der Waals surface area contributed by atoms with Gasteiger partial charge in [0, 0.05) is 24.3 Å². The minimum Gasteiger partial charge on any atom is -0.450 e. The maximum Gasteiger partial charge on any atom is 0.329 e. The number of aliphatic hydroxyl groups excluding tert-OH is 1. The summed E-state index contributed by atoms with van der Waals surface area (Å²) in [5.74, 6) is -3.21. The van der Waals surface area contributed by atoms with Gasteiger partial charge < -0.3 is 25.8 Å². The summed E-state index contributed by atoms with van der Waals surface area (Å²) in [6, 6.07) is -1.92. The van der Waals surface area contributed by atoms with Crippen LogP contribution < -0.4 is 16.0 Å². The third kappa shape index (κ3) is 10.2. The molecule has 0 aromatic heterocycles. The number of esters is 1. The Morgan fingerprint density at radius 1 is 1.00 bits per heavy atom. The summed E-state index contributed by atoms with van der Waals surface area (Å²) < 4.78 is 5.77. The molecular weight excluding hydrogens is 450 g/mol. The molecule has 1 heterocycles. The minimum absolute atomic E-state index is 0.0110. The van der Waals surface area contributed by atoms with E-state index in [9.17, 15) is 24.3 Å². The van der Waals surface area contributed by atoms with Crippen molar-refractivity contribution in [1.82, 2.24) is 16.0 Å². The molecule has 0 aliphatic carbocycles. The molecule has 0 saturated heterocycles. The molecule has 0 aromatic carbocycles. The van der Waals surface area contributed by atoms with Crippen LogP contribution in [0.2, 0.25) is 0 Å². The molecule has 9 heteroatoms. The first-order chi connectivity index (χ1) is 16.5. The normalized spacial score (nSPS) is 25.1. The number of carbonyl (C=O) groups is 4. The van der Waals surface area contributed by atoms with Gasteiger partial charge in [0.1, 0.15) is 12.1 Å². The van der Waals surface area contributed by atoms with Crippen LogP contribution in [0.3, 0.4) is 0 Å². The van der Waals surface area contributed by atoms with Gasteiger partial charge >= 0.3 is 5.97 Å². The van der Waals surface area contributed by atoms with Gasteiger partial charge in [-0.05, 0) is 31.3 Å². The number of carbonyl (C=O) groups excluding carboxylic acids is 4. The average molecular weight is 494 g/mol. The first-order valence-electron chi connectivity index (χ1n) is 12.6. The van der Waals surface area contributed by atoms with Gasteiger partial charge in [0.25, 0.3) is 5.91 Å². The van der Waals surface area contributed by atoms with Crippen molar-refractivity contribution in [3.63, 3.8) is 0 Å². The predicted molar refractivity (Wildman–Crippen MR) is 134 cm³/mol. The molecule has 1 rings (SSSR count). The maximum atomic E-state index is 13.3. The molecule has 198 valence electrons. The highest BCUT2D eigenvalue weighted by Crippen LogP contribution is 2.28. The van der Waals surface area contributed by atoms with E-state index >= 15 is 0 Å². The van der Waals surface area contributed by atoms with E-state index in [-0.39, 0.29) is 30.6 Å². The molecule has 0 aromatic rings. The number of nitrogens with one attached hydrogen (secondary N) is 3. The summed E-state index contributed by atoms with van der Waals surface area (Å²) in [5, 5.41) is 17.5. The van der Waals surface area contributed by atoms with Gasteiger partial charge in [0.15, 0.2) is 6.10 Å². The van der Waals surface area contributed by atoms with Crippen LogP contribution in [0.25, 0.3) is 0 Å². The number of hydrogen-bond acceptors (Lipinski definition) is 6. The Kier molecular flexibility index (Phi) is 13.3. The second-order valence-corrected chi connectivity index (χ2v) is 9.67. The zero-order chi connectivity index (χ0) is 26.5. The number of aliphatic hydroxyl groups is 1. The Morgan fingerprint density at radius 2 is 1.69 bits per heavy atom. The lowest BCUT2D eigenvalue weighted by atomic mass is 9.82. The fraction of sp³-hybridized carbons (Fsp3) is 0.692. The zero-order valence-corrected chi connectivity index (χ0v) is 21.8. The standard InChI is InChI=1S/C26H43N3O6/c1-7-8-9-10-11-17(4)20(14-15-30)23-25(33)27-18(5)12-13-21(31)28-19(6)24(32)29-22(16(2)3)26(34)35-23/h12-13,16-17,19-20,22-23,30H,5,7-11,14-15H2,1-4,6H3,(H,27,33)(H,28,31)(H,29,32)/b13-12+/t17-,19+,20+,22+,23-/m0/s1. The summed E-state index contributed by atoms with van der Waals surface area (Å²) in [5.41, 5.74) is 0.138. The van der Waals surface area contributed by atoms with Crippen molar-refractivity contribution in [3.8, 4) is 0 Å². The quantitative estimate of drug-likeness (QED) is 0.273. The Balaban J connectivity index is 3.32. The van der Waals surface area contributed by atoms with Crippen molar-refractivity contribution in [3.05, 3.63) is 24.4 Å². The van der Waals surface area contributed by atoms with Crippen LogP contribution in [0.15, 0.2) is 24.4 Å². The number of hydrogen-bond donors (Lipinski definition) is 4. The molecule has 3 amide bonds. The molecule has 0 spiro atoms. The topological polar surface area (TPSA) is 134 Å². The minimum atomic E-state index is -1.20. The lowest BCUT2D eigenvalue weighted by Crippen LogP contribution is -2.54. The van der Waals surface area contributed by atoms with Crippen molar-refractivity contribution < 1.29 is 29.0 Å². The summed E-state index contributed by atoms with van der Waals surface area (Å²) in [6.45, 7) is 12.7. The Morgan fingerprint density at radius 3 is 2.29 bits per heavy atom. The van der Waals surface area contributed by atoms with Gasteiger partial charge in [-0.15, -0.1) is 0 Å². The molecule has 35 heavy (non-hydrogen) atoms. The highest BCUT2D eigenvalue weighted by molar-refractivity contribution is 5.95. The van der Waals surface area contributed by atoms with Crippen LogP contribution in [-0.4, -0.2) is 53.6 Å². The summed E-state index contributed by atoms with van der Waals surface area (Å²) in [4.78, 5) is 51.3. The van der Waals surface area contributed by atoms with Gasteiger partial charge in [-0.2, -0.15) is 0 Å². The maximum absolute atomic E-state index is 13.3. The van der Waals surface area contributed by atoms with Crippen LogP contribution in [-0.2, 0) is 23.9 Å². The number of unbranched alkanes of at least 4 members (excludes halogenated alkanes) is 3. The van der Waals surface area contributed by atoms with Crippen LogP contribution in [0.4, 0.5) is 0 Å². The SMILES string of the molecule is C=C1/C=C/C(=O)N[C@H](C)C(=O)N[C@H](C(C)C)C(=O)O[C@@H]([C@H](CCO)[C@@H](C)CCCCCC)C(=O)N1. The van der Waals surface area contributed by atoms with Crippen LogP contribution in [0, 0.1) is 17.8 Å². The lowest BCUT2D eigenvalue weighted by molar-refractivity contribution is -0.164. The Bertz CT molecular complexity index is 779. The van der Waals surface area contributed by atoms with Crippen LogP contribution >= 0.6 is 0 Å². The van der Waals surface area contributed by atoms with Gasteiger partial charge in [0.2, 0.25) is 11.8 Å². The van der Waals surface area contributed by atoms with Crippen molar-refractivity contribution in [2.45, 2.75) is 91.3 Å². The van der Waals surface area contributed by atoms with E-state index in [1.165, 1.54) is 19.1 Å². The zero-order valence-electron chi connectivity index (χ0n) is 21.8. The molecule has 1 aliphatic heterocycles. The van der Waals surface area contributed by atoms with Crippen molar-refractivity contribution in [1.29, 1.82) is 0 Å². The van der Waals surface area contributed by atoms with Crippen molar-refractivity contribution >= 4 is 23.7 Å². The van der Waals surface area contributed by atoms with Gasteiger partial charge in [-0.3, -0.25) is 14.4 Å². The molecule has 9 nitrogen and oxygen atoms in total. The molecule has 4 N–H and O–H groups in total. The lowest BCUT2D eigenvalue weighted by Gasteiger charge is -2.32. The smallest absolute Gasteiger partial charge is 0.329 e. The molecule has 0 unspecified atom stereocenters. The number of allylic oxidation sites excluding steroid dienone is 1. The monoisotopic (exact) mass is 493 g/mol. The summed E-state index contributed by atoms with van der Waals surface area (Å²) >= 11 is 0. The van der Waals surface area contributed by atoms with Gasteiger partial charge in [-0.25, -0.2) is 4.79 Å². The van der Waals surface area contributed by atoms with Gasteiger partial charge in [0.05, 0.1) is 0 Å².